The molecule has 0 fully saturated rings. The number of rotatable bonds is 5. The normalized spacial score (nSPS) is 12.9. The van der Waals surface area contributed by atoms with E-state index < -0.39 is 0 Å². The number of hydrogen-bond donors (Lipinski definition) is 1. The molecule has 2 nitrogen and oxygen atoms in total. The highest BCUT2D eigenvalue weighted by Gasteiger charge is 2.18. The van der Waals surface area contributed by atoms with Gasteiger partial charge in [-0.25, -0.2) is 4.98 Å². The van der Waals surface area contributed by atoms with Crippen LogP contribution in [0.5, 0.6) is 0 Å². The van der Waals surface area contributed by atoms with E-state index in [4.69, 9.17) is 0 Å². The molecule has 0 aliphatic heterocycles. The van der Waals surface area contributed by atoms with Gasteiger partial charge in [0.05, 0.1) is 11.0 Å². The third-order valence-corrected chi connectivity index (χ3v) is 4.57. The summed E-state index contributed by atoms with van der Waals surface area (Å²) in [7, 11) is 0. The Balaban J connectivity index is 2.28. The molecule has 1 N–H and O–H groups in total. The van der Waals surface area contributed by atoms with Crippen LogP contribution in [0.25, 0.3) is 0 Å². The van der Waals surface area contributed by atoms with E-state index >= 15 is 0 Å². The predicted molar refractivity (Wildman–Crippen MR) is 76.0 cm³/mol. The van der Waals surface area contributed by atoms with E-state index in [1.807, 2.05) is 17.5 Å². The minimum Gasteiger partial charge on any atom is -0.306 e. The average Bonchev–Trinajstić information content (AvgIpc) is 2.90. The van der Waals surface area contributed by atoms with Crippen molar-refractivity contribution in [1.29, 1.82) is 0 Å². The fourth-order valence-electron chi connectivity index (χ4n) is 1.86. The molecule has 0 spiro atoms. The van der Waals surface area contributed by atoms with Crippen molar-refractivity contribution in [2.24, 2.45) is 0 Å². The fourth-order valence-corrected chi connectivity index (χ4v) is 3.48. The molecule has 0 radical (unpaired) electrons. The molecule has 92 valence electrons. The van der Waals surface area contributed by atoms with Crippen LogP contribution >= 0.6 is 22.7 Å². The Bertz CT molecular complexity index is 473. The first-order chi connectivity index (χ1) is 8.22. The highest BCUT2D eigenvalue weighted by atomic mass is 32.1. The highest BCUT2D eigenvalue weighted by Crippen LogP contribution is 2.31. The summed E-state index contributed by atoms with van der Waals surface area (Å²) in [6, 6.07) is 2.54. The Labute approximate surface area is 111 Å². The first kappa shape index (κ1) is 12.7. The summed E-state index contributed by atoms with van der Waals surface area (Å²) in [5, 5.41) is 6.92. The van der Waals surface area contributed by atoms with Gasteiger partial charge in [-0.1, -0.05) is 6.92 Å². The lowest BCUT2D eigenvalue weighted by molar-refractivity contribution is 0.604. The van der Waals surface area contributed by atoms with Crippen molar-refractivity contribution in [2.75, 3.05) is 6.54 Å². The van der Waals surface area contributed by atoms with Crippen LogP contribution in [0.15, 0.2) is 17.6 Å². The first-order valence-electron chi connectivity index (χ1n) is 5.92. The minimum atomic E-state index is 0.312. The van der Waals surface area contributed by atoms with E-state index in [-0.39, 0.29) is 0 Å². The summed E-state index contributed by atoms with van der Waals surface area (Å²) in [5.41, 5.74) is 1.40. The highest BCUT2D eigenvalue weighted by molar-refractivity contribution is 7.11. The molecule has 0 amide bonds. The Morgan fingerprint density at radius 1 is 1.41 bits per heavy atom. The SMILES string of the molecule is CCCNC(c1cnc(C)s1)c1ccsc1C. The monoisotopic (exact) mass is 266 g/mol. The number of nitrogens with zero attached hydrogens (tertiary/aromatic N) is 1. The Kier molecular flexibility index (Phi) is 4.31. The number of thiophene rings is 1. The molecule has 1 atom stereocenters. The molecule has 0 aromatic carbocycles. The van der Waals surface area contributed by atoms with Crippen molar-refractivity contribution in [3.8, 4) is 0 Å². The van der Waals surface area contributed by atoms with E-state index in [1.54, 1.807) is 11.3 Å². The molecule has 0 saturated carbocycles. The summed E-state index contributed by atoms with van der Waals surface area (Å²) >= 11 is 3.60. The second-order valence-electron chi connectivity index (χ2n) is 4.10. The molecule has 0 saturated heterocycles. The second-order valence-corrected chi connectivity index (χ2v) is 6.49. The number of nitrogens with one attached hydrogen (secondary N) is 1. The van der Waals surface area contributed by atoms with Gasteiger partial charge < -0.3 is 5.32 Å². The zero-order chi connectivity index (χ0) is 12.3. The van der Waals surface area contributed by atoms with Crippen LogP contribution in [0.1, 0.15) is 39.7 Å². The zero-order valence-electron chi connectivity index (χ0n) is 10.5. The fraction of sp³-hybridized carbons (Fsp3) is 0.462. The number of thiazole rings is 1. The third kappa shape index (κ3) is 2.94. The van der Waals surface area contributed by atoms with Crippen LogP contribution in [0.2, 0.25) is 0 Å². The first-order valence-corrected chi connectivity index (χ1v) is 7.61. The standard InChI is InChI=1S/C13H18N2S2/c1-4-6-14-13(11-5-7-16-9(11)2)12-8-15-10(3)17-12/h5,7-8,13-14H,4,6H2,1-3H3. The molecule has 2 aromatic heterocycles. The predicted octanol–water partition coefficient (Wildman–Crippen LogP) is 3.91. The maximum atomic E-state index is 4.37. The second kappa shape index (κ2) is 5.76. The lowest BCUT2D eigenvalue weighted by atomic mass is 10.1. The maximum absolute atomic E-state index is 4.37. The van der Waals surface area contributed by atoms with Gasteiger partial charge in [0, 0.05) is 16.0 Å². The number of aryl methyl sites for hydroxylation is 2. The number of hydrogen-bond acceptors (Lipinski definition) is 4. The van der Waals surface area contributed by atoms with Gasteiger partial charge >= 0.3 is 0 Å². The molecule has 0 aliphatic carbocycles. The summed E-state index contributed by atoms with van der Waals surface area (Å²) in [4.78, 5) is 7.08. The molecule has 17 heavy (non-hydrogen) atoms. The largest absolute Gasteiger partial charge is 0.306 e. The zero-order valence-corrected chi connectivity index (χ0v) is 12.1. The molecular formula is C13H18N2S2. The van der Waals surface area contributed by atoms with Gasteiger partial charge in [-0.05, 0) is 43.8 Å². The molecule has 1 unspecified atom stereocenters. The summed E-state index contributed by atoms with van der Waals surface area (Å²) in [6.07, 6.45) is 3.15. The molecule has 2 heterocycles. The molecule has 2 aromatic rings. The topological polar surface area (TPSA) is 24.9 Å². The van der Waals surface area contributed by atoms with Gasteiger partial charge in [-0.3, -0.25) is 0 Å². The van der Waals surface area contributed by atoms with Crippen molar-refractivity contribution < 1.29 is 0 Å². The van der Waals surface area contributed by atoms with Gasteiger partial charge in [-0.15, -0.1) is 22.7 Å². The molecule has 2 rings (SSSR count). The van der Waals surface area contributed by atoms with Gasteiger partial charge in [0.2, 0.25) is 0 Å². The third-order valence-electron chi connectivity index (χ3n) is 2.73. The van der Waals surface area contributed by atoms with E-state index in [2.05, 4.69) is 42.5 Å². The maximum Gasteiger partial charge on any atom is 0.0897 e. The molecular weight excluding hydrogens is 248 g/mol. The van der Waals surface area contributed by atoms with E-state index in [0.29, 0.717) is 6.04 Å². The minimum absolute atomic E-state index is 0.312. The van der Waals surface area contributed by atoms with Crippen LogP contribution in [0, 0.1) is 13.8 Å². The number of aromatic nitrogens is 1. The molecule has 4 heteroatoms. The van der Waals surface area contributed by atoms with Crippen molar-refractivity contribution in [3.05, 3.63) is 38.0 Å². The van der Waals surface area contributed by atoms with Gasteiger partial charge in [0.25, 0.3) is 0 Å². The van der Waals surface area contributed by atoms with Gasteiger partial charge in [0.1, 0.15) is 0 Å². The van der Waals surface area contributed by atoms with E-state index in [1.165, 1.54) is 15.3 Å². The van der Waals surface area contributed by atoms with Crippen LogP contribution in [0.3, 0.4) is 0 Å². The Morgan fingerprint density at radius 2 is 2.24 bits per heavy atom. The van der Waals surface area contributed by atoms with Crippen LogP contribution in [-0.2, 0) is 0 Å². The Hall–Kier alpha value is -0.710. The van der Waals surface area contributed by atoms with E-state index in [9.17, 15) is 0 Å². The summed E-state index contributed by atoms with van der Waals surface area (Å²) in [5.74, 6) is 0. The summed E-state index contributed by atoms with van der Waals surface area (Å²) < 4.78 is 0. The Morgan fingerprint density at radius 3 is 2.76 bits per heavy atom. The van der Waals surface area contributed by atoms with Crippen LogP contribution in [-0.4, -0.2) is 11.5 Å². The van der Waals surface area contributed by atoms with Crippen molar-refractivity contribution in [2.45, 2.75) is 33.2 Å². The van der Waals surface area contributed by atoms with Crippen molar-refractivity contribution in [3.63, 3.8) is 0 Å². The van der Waals surface area contributed by atoms with Gasteiger partial charge in [-0.2, -0.15) is 0 Å². The summed E-state index contributed by atoms with van der Waals surface area (Å²) in [6.45, 7) is 7.49. The van der Waals surface area contributed by atoms with E-state index in [0.717, 1.165) is 18.0 Å². The van der Waals surface area contributed by atoms with Crippen LogP contribution in [0.4, 0.5) is 0 Å². The van der Waals surface area contributed by atoms with Crippen LogP contribution < -0.4 is 5.32 Å². The average molecular weight is 266 g/mol. The quantitative estimate of drug-likeness (QED) is 0.887. The lowest BCUT2D eigenvalue weighted by Gasteiger charge is -2.16. The van der Waals surface area contributed by atoms with Crippen molar-refractivity contribution >= 4 is 22.7 Å². The molecule has 0 aliphatic rings. The smallest absolute Gasteiger partial charge is 0.0897 e. The lowest BCUT2D eigenvalue weighted by Crippen LogP contribution is -2.22. The van der Waals surface area contributed by atoms with Crippen molar-refractivity contribution in [1.82, 2.24) is 10.3 Å². The molecule has 0 bridgehead atoms. The van der Waals surface area contributed by atoms with Gasteiger partial charge in [0.15, 0.2) is 0 Å².